The molecule has 1 unspecified atom stereocenters. The minimum absolute atomic E-state index is 0.0507. The van der Waals surface area contributed by atoms with Gasteiger partial charge in [0, 0.05) is 17.8 Å². The standard InChI is InChI=1S/C31H24N4/c1-33-30(23-13-4-2-5-14-23)35(24-15-6-3-7-16-24)32-31(33)34-27-19-11-10-18-26(27)29-25-17-9-8-12-22(25)20-21-28(29)34/h2-21,30H,1H3. The molecule has 6 aromatic rings. The first-order valence-corrected chi connectivity index (χ1v) is 11.9. The molecule has 4 nitrogen and oxygen atoms in total. The Balaban J connectivity index is 1.52. The second kappa shape index (κ2) is 7.74. The van der Waals surface area contributed by atoms with Crippen molar-refractivity contribution in [3.8, 4) is 0 Å². The van der Waals surface area contributed by atoms with E-state index in [0.29, 0.717) is 0 Å². The molecule has 5 aromatic carbocycles. The zero-order chi connectivity index (χ0) is 23.4. The Labute approximate surface area is 203 Å². The summed E-state index contributed by atoms with van der Waals surface area (Å²) in [6.45, 7) is 0. The van der Waals surface area contributed by atoms with Crippen molar-refractivity contribution >= 4 is 44.2 Å². The molecule has 0 amide bonds. The number of aromatic nitrogens is 1. The lowest BCUT2D eigenvalue weighted by Gasteiger charge is -2.29. The third kappa shape index (κ3) is 2.96. The van der Waals surface area contributed by atoms with E-state index in [0.717, 1.165) is 22.7 Å². The molecule has 1 aromatic heterocycles. The van der Waals surface area contributed by atoms with Crippen molar-refractivity contribution in [2.24, 2.45) is 5.10 Å². The molecule has 0 fully saturated rings. The van der Waals surface area contributed by atoms with Crippen molar-refractivity contribution < 1.29 is 0 Å². The summed E-state index contributed by atoms with van der Waals surface area (Å²) in [6.07, 6.45) is -0.0507. The molecule has 168 valence electrons. The lowest BCUT2D eigenvalue weighted by atomic mass is 10.0. The van der Waals surface area contributed by atoms with E-state index in [1.54, 1.807) is 0 Å². The zero-order valence-corrected chi connectivity index (χ0v) is 19.4. The highest BCUT2D eigenvalue weighted by Crippen LogP contribution is 2.39. The summed E-state index contributed by atoms with van der Waals surface area (Å²) in [4.78, 5) is 2.28. The number of para-hydroxylation sites is 2. The largest absolute Gasteiger partial charge is 0.318 e. The van der Waals surface area contributed by atoms with Crippen LogP contribution in [-0.4, -0.2) is 22.5 Å². The van der Waals surface area contributed by atoms with E-state index in [4.69, 9.17) is 5.10 Å². The predicted molar refractivity (Wildman–Crippen MR) is 146 cm³/mol. The summed E-state index contributed by atoms with van der Waals surface area (Å²) in [5.74, 6) is 0.907. The van der Waals surface area contributed by atoms with Crippen LogP contribution in [0, 0.1) is 0 Å². The lowest BCUT2D eigenvalue weighted by Crippen LogP contribution is -2.34. The Hall–Kier alpha value is -4.57. The number of benzene rings is 5. The molecule has 7 rings (SSSR count). The molecule has 4 heteroatoms. The maximum atomic E-state index is 5.26. The van der Waals surface area contributed by atoms with Crippen molar-refractivity contribution in [3.05, 3.63) is 127 Å². The van der Waals surface area contributed by atoms with Gasteiger partial charge in [0.05, 0.1) is 16.7 Å². The average Bonchev–Trinajstić information content (AvgIpc) is 3.44. The van der Waals surface area contributed by atoms with Crippen LogP contribution in [0.25, 0.3) is 32.6 Å². The predicted octanol–water partition coefficient (Wildman–Crippen LogP) is 7.22. The molecular formula is C31H24N4. The highest BCUT2D eigenvalue weighted by atomic mass is 15.6. The van der Waals surface area contributed by atoms with Crippen LogP contribution in [0.15, 0.2) is 126 Å². The van der Waals surface area contributed by atoms with Crippen LogP contribution < -0.4 is 5.01 Å². The van der Waals surface area contributed by atoms with Gasteiger partial charge < -0.3 is 4.90 Å². The Morgan fingerprint density at radius 2 is 1.26 bits per heavy atom. The van der Waals surface area contributed by atoms with Gasteiger partial charge in [0.1, 0.15) is 0 Å². The van der Waals surface area contributed by atoms with Gasteiger partial charge in [0.2, 0.25) is 5.96 Å². The van der Waals surface area contributed by atoms with Gasteiger partial charge in [-0.2, -0.15) is 0 Å². The van der Waals surface area contributed by atoms with Crippen LogP contribution in [0.4, 0.5) is 5.69 Å². The fraction of sp³-hybridized carbons (Fsp3) is 0.0645. The molecule has 0 N–H and O–H groups in total. The third-order valence-corrected chi connectivity index (χ3v) is 6.99. The van der Waals surface area contributed by atoms with Crippen LogP contribution >= 0.6 is 0 Å². The number of hydrogen-bond donors (Lipinski definition) is 0. The van der Waals surface area contributed by atoms with Crippen molar-refractivity contribution in [1.82, 2.24) is 9.47 Å². The number of hydrazone groups is 1. The number of rotatable bonds is 2. The van der Waals surface area contributed by atoms with Crippen molar-refractivity contribution in [3.63, 3.8) is 0 Å². The summed E-state index contributed by atoms with van der Waals surface area (Å²) >= 11 is 0. The fourth-order valence-corrected chi connectivity index (χ4v) is 5.42. The zero-order valence-electron chi connectivity index (χ0n) is 19.4. The molecule has 0 saturated heterocycles. The van der Waals surface area contributed by atoms with Crippen LogP contribution in [0.2, 0.25) is 0 Å². The van der Waals surface area contributed by atoms with Crippen molar-refractivity contribution in [1.29, 1.82) is 0 Å². The summed E-state index contributed by atoms with van der Waals surface area (Å²) < 4.78 is 2.32. The normalized spacial score (nSPS) is 15.9. The van der Waals surface area contributed by atoms with Crippen molar-refractivity contribution in [2.75, 3.05) is 12.1 Å². The molecule has 0 bridgehead atoms. The van der Waals surface area contributed by atoms with Gasteiger partial charge in [-0.3, -0.25) is 4.57 Å². The first-order valence-electron chi connectivity index (χ1n) is 11.9. The maximum Gasteiger partial charge on any atom is 0.230 e. The molecule has 1 aliphatic heterocycles. The number of nitrogens with zero attached hydrogens (tertiary/aromatic N) is 4. The monoisotopic (exact) mass is 452 g/mol. The van der Waals surface area contributed by atoms with Crippen LogP contribution in [0.3, 0.4) is 0 Å². The molecule has 2 heterocycles. The molecule has 35 heavy (non-hydrogen) atoms. The van der Waals surface area contributed by atoms with Gasteiger partial charge in [-0.1, -0.05) is 97.1 Å². The van der Waals surface area contributed by atoms with Gasteiger partial charge in [0.15, 0.2) is 6.17 Å². The minimum Gasteiger partial charge on any atom is -0.318 e. The Morgan fingerprint density at radius 3 is 2.06 bits per heavy atom. The number of anilines is 1. The van der Waals surface area contributed by atoms with Crippen LogP contribution in [0.1, 0.15) is 11.7 Å². The van der Waals surface area contributed by atoms with E-state index in [-0.39, 0.29) is 6.17 Å². The van der Waals surface area contributed by atoms with E-state index < -0.39 is 0 Å². The average molecular weight is 453 g/mol. The second-order valence-corrected chi connectivity index (χ2v) is 9.01. The first kappa shape index (κ1) is 19.9. The Bertz CT molecular complexity index is 1720. The minimum atomic E-state index is -0.0507. The summed E-state index contributed by atoms with van der Waals surface area (Å²) in [5.41, 5.74) is 4.58. The fourth-order valence-electron chi connectivity index (χ4n) is 5.42. The highest BCUT2D eigenvalue weighted by molar-refractivity contribution is 6.23. The second-order valence-electron chi connectivity index (χ2n) is 9.01. The summed E-state index contributed by atoms with van der Waals surface area (Å²) in [5, 5.41) is 12.4. The number of fused-ring (bicyclic) bond motifs is 5. The van der Waals surface area contributed by atoms with Gasteiger partial charge in [-0.05, 0) is 40.6 Å². The van der Waals surface area contributed by atoms with Crippen LogP contribution in [-0.2, 0) is 0 Å². The van der Waals surface area contributed by atoms with Gasteiger partial charge in [0.25, 0.3) is 0 Å². The quantitative estimate of drug-likeness (QED) is 0.277. The van der Waals surface area contributed by atoms with Gasteiger partial charge in [-0.25, -0.2) is 5.01 Å². The van der Waals surface area contributed by atoms with E-state index in [9.17, 15) is 0 Å². The van der Waals surface area contributed by atoms with E-state index in [1.165, 1.54) is 27.1 Å². The Morgan fingerprint density at radius 1 is 0.600 bits per heavy atom. The molecule has 0 aliphatic carbocycles. The van der Waals surface area contributed by atoms with Gasteiger partial charge >= 0.3 is 0 Å². The third-order valence-electron chi connectivity index (χ3n) is 6.99. The van der Waals surface area contributed by atoms with Crippen molar-refractivity contribution in [2.45, 2.75) is 6.17 Å². The lowest BCUT2D eigenvalue weighted by molar-refractivity contribution is 0.391. The summed E-state index contributed by atoms with van der Waals surface area (Å²) in [7, 11) is 2.14. The van der Waals surface area contributed by atoms with E-state index in [2.05, 4.69) is 137 Å². The maximum absolute atomic E-state index is 5.26. The first-order chi connectivity index (χ1) is 17.3. The highest BCUT2D eigenvalue weighted by Gasteiger charge is 2.36. The molecule has 1 aliphatic rings. The number of hydrogen-bond acceptors (Lipinski definition) is 3. The molecule has 0 spiro atoms. The van der Waals surface area contributed by atoms with Crippen LogP contribution in [0.5, 0.6) is 0 Å². The molecule has 1 atom stereocenters. The topological polar surface area (TPSA) is 23.8 Å². The van der Waals surface area contributed by atoms with E-state index >= 15 is 0 Å². The van der Waals surface area contributed by atoms with E-state index in [1.807, 2.05) is 6.07 Å². The van der Waals surface area contributed by atoms with Gasteiger partial charge in [-0.15, -0.1) is 5.10 Å². The molecular weight excluding hydrogens is 428 g/mol. The smallest absolute Gasteiger partial charge is 0.230 e. The Kier molecular flexibility index (Phi) is 4.39. The summed E-state index contributed by atoms with van der Waals surface area (Å²) in [6, 6.07) is 42.7. The SMILES string of the molecule is CN1C(n2c3ccccc3c3c4ccccc4ccc32)=NN(c2ccccc2)C1c1ccccc1. The molecule has 0 saturated carbocycles. The molecule has 0 radical (unpaired) electrons.